The molecule has 3 nitrogen and oxygen atoms in total. The van der Waals surface area contributed by atoms with Crippen molar-refractivity contribution in [1.82, 2.24) is 5.32 Å². The normalized spacial score (nSPS) is 19.5. The third-order valence-electron chi connectivity index (χ3n) is 2.62. The summed E-state index contributed by atoms with van der Waals surface area (Å²) >= 11 is 0. The molecule has 0 saturated heterocycles. The summed E-state index contributed by atoms with van der Waals surface area (Å²) in [5.74, 6) is -0.566. The van der Waals surface area contributed by atoms with Gasteiger partial charge in [-0.15, -0.1) is 0 Å². The number of carbonyl (C=O) groups excluding carboxylic acids is 1. The first-order chi connectivity index (χ1) is 7.20. The summed E-state index contributed by atoms with van der Waals surface area (Å²) in [7, 11) is 1.35. The van der Waals surface area contributed by atoms with Crippen LogP contribution in [0, 0.1) is 5.82 Å². The maximum atomic E-state index is 13.0. The van der Waals surface area contributed by atoms with E-state index in [1.165, 1.54) is 19.2 Å². The van der Waals surface area contributed by atoms with Gasteiger partial charge in [-0.3, -0.25) is 4.79 Å². The van der Waals surface area contributed by atoms with Crippen LogP contribution in [0.3, 0.4) is 0 Å². The van der Waals surface area contributed by atoms with Gasteiger partial charge in [-0.05, 0) is 29.7 Å². The van der Waals surface area contributed by atoms with Gasteiger partial charge in [0.25, 0.3) is 0 Å². The lowest BCUT2D eigenvalue weighted by Crippen LogP contribution is -2.42. The molecule has 0 unspecified atom stereocenters. The van der Waals surface area contributed by atoms with E-state index < -0.39 is 0 Å². The van der Waals surface area contributed by atoms with Gasteiger partial charge in [0.2, 0.25) is 0 Å². The summed E-state index contributed by atoms with van der Waals surface area (Å²) in [5, 5.41) is 3.05. The highest BCUT2D eigenvalue weighted by atomic mass is 19.1. The SMILES string of the molecule is COC(=O)[C@@H]1Cc2cc(F)ccc2CN1. The second-order valence-corrected chi connectivity index (χ2v) is 3.57. The lowest BCUT2D eigenvalue weighted by Gasteiger charge is -2.24. The number of esters is 1. The molecule has 1 aliphatic rings. The van der Waals surface area contributed by atoms with E-state index in [1.807, 2.05) is 0 Å². The highest BCUT2D eigenvalue weighted by Crippen LogP contribution is 2.18. The number of nitrogens with one attached hydrogen (secondary N) is 1. The Hall–Kier alpha value is -1.42. The third kappa shape index (κ3) is 1.99. The van der Waals surface area contributed by atoms with Crippen molar-refractivity contribution in [3.05, 3.63) is 35.1 Å². The van der Waals surface area contributed by atoms with Crippen molar-refractivity contribution in [2.24, 2.45) is 0 Å². The highest BCUT2D eigenvalue weighted by molar-refractivity contribution is 5.76. The molecular formula is C11H12FNO2. The fraction of sp³-hybridized carbons (Fsp3) is 0.364. The first kappa shape index (κ1) is 10.1. The summed E-state index contributed by atoms with van der Waals surface area (Å²) in [4.78, 5) is 11.3. The molecule has 15 heavy (non-hydrogen) atoms. The van der Waals surface area contributed by atoms with Gasteiger partial charge in [0.1, 0.15) is 11.9 Å². The van der Waals surface area contributed by atoms with E-state index in [0.29, 0.717) is 13.0 Å². The third-order valence-corrected chi connectivity index (χ3v) is 2.62. The van der Waals surface area contributed by atoms with Crippen molar-refractivity contribution in [2.75, 3.05) is 7.11 Å². The molecule has 0 aliphatic carbocycles. The average molecular weight is 209 g/mol. The van der Waals surface area contributed by atoms with Crippen LogP contribution in [0.5, 0.6) is 0 Å². The van der Waals surface area contributed by atoms with E-state index in [1.54, 1.807) is 6.07 Å². The predicted molar refractivity (Wildman–Crippen MR) is 52.7 cm³/mol. The molecule has 4 heteroatoms. The summed E-state index contributed by atoms with van der Waals surface area (Å²) in [5.41, 5.74) is 1.92. The van der Waals surface area contributed by atoms with Crippen LogP contribution in [-0.2, 0) is 22.5 Å². The summed E-state index contributed by atoms with van der Waals surface area (Å²) in [6.45, 7) is 0.579. The zero-order valence-corrected chi connectivity index (χ0v) is 8.42. The second kappa shape index (κ2) is 3.98. The van der Waals surface area contributed by atoms with Gasteiger partial charge >= 0.3 is 5.97 Å². The van der Waals surface area contributed by atoms with Crippen LogP contribution in [0.4, 0.5) is 4.39 Å². The minimum Gasteiger partial charge on any atom is -0.468 e. The van der Waals surface area contributed by atoms with Crippen LogP contribution in [0.2, 0.25) is 0 Å². The van der Waals surface area contributed by atoms with E-state index in [2.05, 4.69) is 10.1 Å². The minimum atomic E-state index is -0.357. The Kier molecular flexibility index (Phi) is 2.68. The first-order valence-electron chi connectivity index (χ1n) is 4.79. The van der Waals surface area contributed by atoms with Crippen LogP contribution >= 0.6 is 0 Å². The molecule has 0 bridgehead atoms. The van der Waals surface area contributed by atoms with E-state index >= 15 is 0 Å². The molecule has 80 valence electrons. The van der Waals surface area contributed by atoms with Gasteiger partial charge < -0.3 is 10.1 Å². The Balaban J connectivity index is 2.22. The number of benzene rings is 1. The zero-order chi connectivity index (χ0) is 10.8. The van der Waals surface area contributed by atoms with Crippen LogP contribution in [0.15, 0.2) is 18.2 Å². The van der Waals surface area contributed by atoms with Crippen molar-refractivity contribution < 1.29 is 13.9 Å². The van der Waals surface area contributed by atoms with Crippen molar-refractivity contribution in [1.29, 1.82) is 0 Å². The smallest absolute Gasteiger partial charge is 0.323 e. The molecule has 0 fully saturated rings. The Bertz CT molecular complexity index is 392. The number of methoxy groups -OCH3 is 1. The average Bonchev–Trinajstić information content (AvgIpc) is 2.27. The standard InChI is InChI=1S/C11H12FNO2/c1-15-11(14)10-5-8-4-9(12)3-2-7(8)6-13-10/h2-4,10,13H,5-6H2,1H3/t10-/m0/s1. The topological polar surface area (TPSA) is 38.3 Å². The summed E-state index contributed by atoms with van der Waals surface area (Å²) in [6.07, 6.45) is 0.486. The zero-order valence-electron chi connectivity index (χ0n) is 8.42. The van der Waals surface area contributed by atoms with E-state index in [9.17, 15) is 9.18 Å². The number of carbonyl (C=O) groups is 1. The highest BCUT2D eigenvalue weighted by Gasteiger charge is 2.24. The van der Waals surface area contributed by atoms with Crippen molar-refractivity contribution in [2.45, 2.75) is 19.0 Å². The van der Waals surface area contributed by atoms with Crippen LogP contribution in [0.1, 0.15) is 11.1 Å². The van der Waals surface area contributed by atoms with E-state index in [0.717, 1.165) is 11.1 Å². The Labute approximate surface area is 87.2 Å². The van der Waals surface area contributed by atoms with Crippen LogP contribution in [-0.4, -0.2) is 19.1 Å². The lowest BCUT2D eigenvalue weighted by atomic mass is 9.96. The number of hydrogen-bond donors (Lipinski definition) is 1. The predicted octanol–water partition coefficient (Wildman–Crippen LogP) is 1.01. The quantitative estimate of drug-likeness (QED) is 0.701. The molecule has 0 radical (unpaired) electrons. The maximum absolute atomic E-state index is 13.0. The van der Waals surface area contributed by atoms with Gasteiger partial charge in [-0.1, -0.05) is 6.07 Å². The van der Waals surface area contributed by atoms with Crippen LogP contribution in [0.25, 0.3) is 0 Å². The van der Waals surface area contributed by atoms with Crippen molar-refractivity contribution >= 4 is 5.97 Å². The maximum Gasteiger partial charge on any atom is 0.323 e. The number of halogens is 1. The Morgan fingerprint density at radius 2 is 2.33 bits per heavy atom. The summed E-state index contributed by atoms with van der Waals surface area (Å²) in [6, 6.07) is 4.29. The lowest BCUT2D eigenvalue weighted by molar-refractivity contribution is -0.143. The molecular weight excluding hydrogens is 197 g/mol. The minimum absolute atomic E-state index is 0.265. The largest absolute Gasteiger partial charge is 0.468 e. The first-order valence-corrected chi connectivity index (χ1v) is 4.79. The fourth-order valence-corrected chi connectivity index (χ4v) is 1.79. The van der Waals surface area contributed by atoms with Gasteiger partial charge in [-0.25, -0.2) is 4.39 Å². The molecule has 2 rings (SSSR count). The molecule has 0 aromatic heterocycles. The Morgan fingerprint density at radius 3 is 3.07 bits per heavy atom. The van der Waals surface area contributed by atoms with E-state index in [-0.39, 0.29) is 17.8 Å². The van der Waals surface area contributed by atoms with Crippen LogP contribution < -0.4 is 5.32 Å². The summed E-state index contributed by atoms with van der Waals surface area (Å²) < 4.78 is 17.6. The molecule has 0 amide bonds. The van der Waals surface area contributed by atoms with Gasteiger partial charge in [0, 0.05) is 6.54 Å². The fourth-order valence-electron chi connectivity index (χ4n) is 1.79. The molecule has 0 spiro atoms. The number of rotatable bonds is 1. The van der Waals surface area contributed by atoms with Gasteiger partial charge in [-0.2, -0.15) is 0 Å². The number of fused-ring (bicyclic) bond motifs is 1. The number of hydrogen-bond acceptors (Lipinski definition) is 3. The molecule has 0 saturated carbocycles. The van der Waals surface area contributed by atoms with Gasteiger partial charge in [0.05, 0.1) is 7.11 Å². The molecule has 1 atom stereocenters. The monoisotopic (exact) mass is 209 g/mol. The molecule has 1 N–H and O–H groups in total. The number of ether oxygens (including phenoxy) is 1. The van der Waals surface area contributed by atoms with Crippen molar-refractivity contribution in [3.63, 3.8) is 0 Å². The van der Waals surface area contributed by atoms with Gasteiger partial charge in [0.15, 0.2) is 0 Å². The second-order valence-electron chi connectivity index (χ2n) is 3.57. The molecule has 1 aliphatic heterocycles. The molecule has 1 aromatic carbocycles. The molecule has 1 aromatic rings. The Morgan fingerprint density at radius 1 is 1.53 bits per heavy atom. The van der Waals surface area contributed by atoms with Crippen molar-refractivity contribution in [3.8, 4) is 0 Å². The van der Waals surface area contributed by atoms with E-state index in [4.69, 9.17) is 0 Å². The molecule has 1 heterocycles.